The Kier molecular flexibility index (Phi) is 3.50. The van der Waals surface area contributed by atoms with E-state index in [9.17, 15) is 8.78 Å². The second-order valence-corrected chi connectivity index (χ2v) is 3.12. The highest BCUT2D eigenvalue weighted by atomic mass is 19.3. The number of ether oxygens (including phenoxy) is 2. The van der Waals surface area contributed by atoms with Gasteiger partial charge in [0, 0.05) is 12.5 Å². The number of benzene rings is 1. The summed E-state index contributed by atoms with van der Waals surface area (Å²) in [6.45, 7) is 1.43. The number of halogens is 2. The van der Waals surface area contributed by atoms with Gasteiger partial charge in [-0.05, 0) is 12.1 Å². The highest BCUT2D eigenvalue weighted by Gasteiger charge is 2.32. The Balaban J connectivity index is 3.18. The van der Waals surface area contributed by atoms with Gasteiger partial charge in [0.2, 0.25) is 0 Å². The van der Waals surface area contributed by atoms with E-state index in [1.165, 1.54) is 39.3 Å². The van der Waals surface area contributed by atoms with Crippen molar-refractivity contribution in [3.05, 3.63) is 23.8 Å². The molecule has 0 saturated carbocycles. The number of methoxy groups -OCH3 is 2. The van der Waals surface area contributed by atoms with Crippen molar-refractivity contribution in [2.75, 3.05) is 14.2 Å². The van der Waals surface area contributed by atoms with Crippen molar-refractivity contribution in [2.24, 2.45) is 0 Å². The van der Waals surface area contributed by atoms with Crippen molar-refractivity contribution in [1.29, 1.82) is 0 Å². The highest BCUT2D eigenvalue weighted by Crippen LogP contribution is 2.38. The molecule has 0 radical (unpaired) electrons. The Bertz CT molecular complexity index is 337. The number of hydrogen-bond acceptors (Lipinski definition) is 2. The summed E-state index contributed by atoms with van der Waals surface area (Å²) in [4.78, 5) is 0. The molecule has 0 spiro atoms. The topological polar surface area (TPSA) is 18.5 Å². The Hall–Kier alpha value is -1.32. The summed E-state index contributed by atoms with van der Waals surface area (Å²) in [5.74, 6) is -2.21. The molecule has 2 nitrogen and oxygen atoms in total. The van der Waals surface area contributed by atoms with Crippen molar-refractivity contribution in [1.82, 2.24) is 0 Å². The summed E-state index contributed by atoms with van der Waals surface area (Å²) < 4.78 is 36.7. The van der Waals surface area contributed by atoms with E-state index in [1.54, 1.807) is 0 Å². The fourth-order valence-corrected chi connectivity index (χ4v) is 1.29. The molecular weight excluding hydrogens is 202 g/mol. The Morgan fingerprint density at radius 2 is 1.87 bits per heavy atom. The molecule has 1 aromatic carbocycles. The van der Waals surface area contributed by atoms with Crippen LogP contribution in [0.25, 0.3) is 0 Å². The van der Waals surface area contributed by atoms with Crippen LogP contribution in [0, 0.1) is 0 Å². The first-order chi connectivity index (χ1) is 7.05. The third-order valence-corrected chi connectivity index (χ3v) is 2.25. The average molecular weight is 216 g/mol. The van der Waals surface area contributed by atoms with Gasteiger partial charge < -0.3 is 9.47 Å². The molecule has 15 heavy (non-hydrogen) atoms. The lowest BCUT2D eigenvalue weighted by molar-refractivity contribution is -0.0104. The van der Waals surface area contributed by atoms with Crippen LogP contribution >= 0.6 is 0 Å². The van der Waals surface area contributed by atoms with Gasteiger partial charge in [0.15, 0.2) is 0 Å². The molecule has 0 aliphatic heterocycles. The van der Waals surface area contributed by atoms with Gasteiger partial charge in [-0.2, -0.15) is 0 Å². The number of hydrogen-bond donors (Lipinski definition) is 0. The lowest BCUT2D eigenvalue weighted by Crippen LogP contribution is -2.13. The predicted octanol–water partition coefficient (Wildman–Crippen LogP) is 3.21. The molecule has 0 unspecified atom stereocenters. The molecule has 0 amide bonds. The summed E-state index contributed by atoms with van der Waals surface area (Å²) in [5.41, 5.74) is -0.103. The monoisotopic (exact) mass is 216 g/mol. The van der Waals surface area contributed by atoms with Crippen LogP contribution in [0.15, 0.2) is 18.2 Å². The van der Waals surface area contributed by atoms with Crippen LogP contribution in [0.1, 0.15) is 18.9 Å². The van der Waals surface area contributed by atoms with Gasteiger partial charge in [-0.25, -0.2) is 8.78 Å². The van der Waals surface area contributed by atoms with Crippen LogP contribution in [0.2, 0.25) is 0 Å². The van der Waals surface area contributed by atoms with Crippen LogP contribution in [-0.4, -0.2) is 14.2 Å². The van der Waals surface area contributed by atoms with E-state index in [1.807, 2.05) is 0 Å². The summed E-state index contributed by atoms with van der Waals surface area (Å²) in [7, 11) is 2.84. The lowest BCUT2D eigenvalue weighted by Gasteiger charge is -2.18. The molecule has 4 heteroatoms. The number of rotatable bonds is 4. The summed E-state index contributed by atoms with van der Waals surface area (Å²) >= 11 is 0. The van der Waals surface area contributed by atoms with Crippen LogP contribution in [-0.2, 0) is 5.92 Å². The van der Waals surface area contributed by atoms with E-state index in [2.05, 4.69) is 0 Å². The van der Waals surface area contributed by atoms with E-state index in [0.717, 1.165) is 0 Å². The van der Waals surface area contributed by atoms with Gasteiger partial charge in [-0.15, -0.1) is 0 Å². The van der Waals surface area contributed by atoms with Gasteiger partial charge in [-0.1, -0.05) is 6.92 Å². The second kappa shape index (κ2) is 4.47. The van der Waals surface area contributed by atoms with Gasteiger partial charge >= 0.3 is 0 Å². The number of alkyl halides is 2. The van der Waals surface area contributed by atoms with Gasteiger partial charge in [0.05, 0.1) is 19.8 Å². The minimum Gasteiger partial charge on any atom is -0.497 e. The first-order valence-electron chi connectivity index (χ1n) is 4.65. The maximum absolute atomic E-state index is 13.4. The fourth-order valence-electron chi connectivity index (χ4n) is 1.29. The minimum absolute atomic E-state index is 0.103. The first-order valence-corrected chi connectivity index (χ1v) is 4.65. The SMILES string of the molecule is CCC(F)(F)c1ccc(OC)cc1OC. The molecular formula is C11H14F2O2. The van der Waals surface area contributed by atoms with Gasteiger partial charge in [0.1, 0.15) is 11.5 Å². The van der Waals surface area contributed by atoms with Crippen molar-refractivity contribution in [3.8, 4) is 11.5 Å². The molecule has 1 rings (SSSR count). The predicted molar refractivity (Wildman–Crippen MR) is 53.7 cm³/mol. The molecule has 0 fully saturated rings. The van der Waals surface area contributed by atoms with Gasteiger partial charge in [0.25, 0.3) is 5.92 Å². The zero-order valence-electron chi connectivity index (χ0n) is 9.01. The van der Waals surface area contributed by atoms with E-state index >= 15 is 0 Å². The quantitative estimate of drug-likeness (QED) is 0.769. The summed E-state index contributed by atoms with van der Waals surface area (Å²) in [6, 6.07) is 4.29. The maximum atomic E-state index is 13.4. The second-order valence-electron chi connectivity index (χ2n) is 3.12. The van der Waals surface area contributed by atoms with Crippen molar-refractivity contribution in [2.45, 2.75) is 19.3 Å². The van der Waals surface area contributed by atoms with Crippen molar-refractivity contribution >= 4 is 0 Å². The smallest absolute Gasteiger partial charge is 0.276 e. The summed E-state index contributed by atoms with van der Waals surface area (Å²) in [6.07, 6.45) is -0.254. The highest BCUT2D eigenvalue weighted by molar-refractivity contribution is 5.43. The molecule has 1 aromatic rings. The molecule has 0 heterocycles. The van der Waals surface area contributed by atoms with E-state index in [4.69, 9.17) is 9.47 Å². The third kappa shape index (κ3) is 2.37. The van der Waals surface area contributed by atoms with E-state index in [-0.39, 0.29) is 17.7 Å². The molecule has 0 atom stereocenters. The van der Waals surface area contributed by atoms with Crippen LogP contribution < -0.4 is 9.47 Å². The Labute approximate surface area is 87.8 Å². The van der Waals surface area contributed by atoms with Crippen molar-refractivity contribution in [3.63, 3.8) is 0 Å². The molecule has 0 N–H and O–H groups in total. The lowest BCUT2D eigenvalue weighted by atomic mass is 10.0. The third-order valence-electron chi connectivity index (χ3n) is 2.25. The zero-order valence-corrected chi connectivity index (χ0v) is 9.01. The molecule has 0 aromatic heterocycles. The minimum atomic E-state index is -2.86. The Morgan fingerprint density at radius 1 is 1.20 bits per heavy atom. The van der Waals surface area contributed by atoms with E-state index < -0.39 is 5.92 Å². The molecule has 0 aliphatic carbocycles. The molecule has 0 saturated heterocycles. The van der Waals surface area contributed by atoms with Crippen molar-refractivity contribution < 1.29 is 18.3 Å². The van der Waals surface area contributed by atoms with Crippen LogP contribution in [0.3, 0.4) is 0 Å². The van der Waals surface area contributed by atoms with E-state index in [0.29, 0.717) is 5.75 Å². The average Bonchev–Trinajstić information content (AvgIpc) is 2.28. The summed E-state index contributed by atoms with van der Waals surface area (Å²) in [5, 5.41) is 0. The van der Waals surface area contributed by atoms with Crippen LogP contribution in [0.4, 0.5) is 8.78 Å². The largest absolute Gasteiger partial charge is 0.497 e. The maximum Gasteiger partial charge on any atom is 0.276 e. The molecule has 0 aliphatic rings. The van der Waals surface area contributed by atoms with Gasteiger partial charge in [-0.3, -0.25) is 0 Å². The Morgan fingerprint density at radius 3 is 2.33 bits per heavy atom. The fraction of sp³-hybridized carbons (Fsp3) is 0.455. The molecule has 84 valence electrons. The zero-order chi connectivity index (χ0) is 11.5. The van der Waals surface area contributed by atoms with Crippen LogP contribution in [0.5, 0.6) is 11.5 Å². The first kappa shape index (κ1) is 11.8. The standard InChI is InChI=1S/C11H14F2O2/c1-4-11(12,13)9-6-5-8(14-2)7-10(9)15-3/h5-7H,4H2,1-3H3. The molecule has 0 bridgehead atoms. The normalized spacial score (nSPS) is 11.3.